The standard InChI is InChI=1S/C18H19ClN4O4S2/c1-2-11-28-18-20-12-15(19)16(22-18)17(24)21-13-3-5-14(6-4-13)29(25,26)23-7-9-27-10-8-23/h2-6,12H,1,7-11H2,(H,21,24). The van der Waals surface area contributed by atoms with E-state index < -0.39 is 15.9 Å². The van der Waals surface area contributed by atoms with Crippen molar-refractivity contribution >= 4 is 45.0 Å². The molecule has 0 spiro atoms. The Balaban J connectivity index is 1.72. The second-order valence-corrected chi connectivity index (χ2v) is 9.28. The quantitative estimate of drug-likeness (QED) is 0.390. The van der Waals surface area contributed by atoms with Crippen molar-refractivity contribution in [1.82, 2.24) is 14.3 Å². The lowest BCUT2D eigenvalue weighted by atomic mass is 10.3. The first-order valence-corrected chi connectivity index (χ1v) is 11.5. The average molecular weight is 455 g/mol. The summed E-state index contributed by atoms with van der Waals surface area (Å²) in [6.45, 7) is 5.01. The summed E-state index contributed by atoms with van der Waals surface area (Å²) in [6, 6.07) is 5.95. The van der Waals surface area contributed by atoms with Crippen LogP contribution in [0.2, 0.25) is 5.02 Å². The van der Waals surface area contributed by atoms with Crippen molar-refractivity contribution in [2.75, 3.05) is 37.4 Å². The number of thioether (sulfide) groups is 1. The van der Waals surface area contributed by atoms with E-state index in [9.17, 15) is 13.2 Å². The van der Waals surface area contributed by atoms with Gasteiger partial charge in [0.2, 0.25) is 10.0 Å². The molecule has 1 aromatic carbocycles. The van der Waals surface area contributed by atoms with Crippen molar-refractivity contribution in [3.05, 3.63) is 53.8 Å². The maximum absolute atomic E-state index is 12.6. The van der Waals surface area contributed by atoms with Crippen molar-refractivity contribution in [3.63, 3.8) is 0 Å². The van der Waals surface area contributed by atoms with E-state index in [2.05, 4.69) is 21.9 Å². The van der Waals surface area contributed by atoms with Gasteiger partial charge in [-0.1, -0.05) is 29.4 Å². The Labute approximate surface area is 178 Å². The highest BCUT2D eigenvalue weighted by Gasteiger charge is 2.26. The fourth-order valence-corrected chi connectivity index (χ4v) is 4.68. The summed E-state index contributed by atoms with van der Waals surface area (Å²) in [4.78, 5) is 20.9. The molecule has 0 unspecified atom stereocenters. The second-order valence-electron chi connectivity index (χ2n) is 5.94. The van der Waals surface area contributed by atoms with Gasteiger partial charge in [0.15, 0.2) is 10.9 Å². The number of hydrogen-bond acceptors (Lipinski definition) is 7. The average Bonchev–Trinajstić information content (AvgIpc) is 2.74. The van der Waals surface area contributed by atoms with Gasteiger partial charge in [-0.2, -0.15) is 4.31 Å². The zero-order valence-corrected chi connectivity index (χ0v) is 17.8. The van der Waals surface area contributed by atoms with Crippen LogP contribution >= 0.6 is 23.4 Å². The molecule has 0 saturated carbocycles. The van der Waals surface area contributed by atoms with Gasteiger partial charge in [0, 0.05) is 24.5 Å². The molecule has 1 amide bonds. The number of carbonyl (C=O) groups excluding carboxylic acids is 1. The number of rotatable bonds is 7. The van der Waals surface area contributed by atoms with Crippen LogP contribution in [-0.4, -0.2) is 60.7 Å². The molecule has 1 aromatic heterocycles. The van der Waals surface area contributed by atoms with E-state index in [1.165, 1.54) is 46.5 Å². The first-order valence-electron chi connectivity index (χ1n) is 8.67. The number of benzene rings is 1. The lowest BCUT2D eigenvalue weighted by Gasteiger charge is -2.26. The number of hydrogen-bond donors (Lipinski definition) is 1. The molecule has 2 heterocycles. The summed E-state index contributed by atoms with van der Waals surface area (Å²) in [5.74, 6) is 0.0866. The highest BCUT2D eigenvalue weighted by molar-refractivity contribution is 7.99. The van der Waals surface area contributed by atoms with E-state index >= 15 is 0 Å². The van der Waals surface area contributed by atoms with Crippen LogP contribution in [0.15, 0.2) is 53.2 Å². The van der Waals surface area contributed by atoms with E-state index in [0.717, 1.165) is 0 Å². The van der Waals surface area contributed by atoms with Crippen LogP contribution in [0, 0.1) is 0 Å². The zero-order valence-electron chi connectivity index (χ0n) is 15.4. The summed E-state index contributed by atoms with van der Waals surface area (Å²) in [5, 5.41) is 3.20. The fraction of sp³-hybridized carbons (Fsp3) is 0.278. The minimum absolute atomic E-state index is 0.0400. The molecular formula is C18H19ClN4O4S2. The molecule has 29 heavy (non-hydrogen) atoms. The molecule has 3 rings (SSSR count). The van der Waals surface area contributed by atoms with E-state index in [0.29, 0.717) is 42.9 Å². The second kappa shape index (κ2) is 9.68. The molecule has 0 radical (unpaired) electrons. The van der Waals surface area contributed by atoms with Gasteiger partial charge in [-0.3, -0.25) is 4.79 Å². The Hall–Kier alpha value is -1.98. The smallest absolute Gasteiger partial charge is 0.275 e. The van der Waals surface area contributed by atoms with Crippen LogP contribution in [-0.2, 0) is 14.8 Å². The number of aromatic nitrogens is 2. The van der Waals surface area contributed by atoms with E-state index in [1.54, 1.807) is 6.08 Å². The van der Waals surface area contributed by atoms with Crippen molar-refractivity contribution < 1.29 is 17.9 Å². The minimum Gasteiger partial charge on any atom is -0.379 e. The molecule has 8 nitrogen and oxygen atoms in total. The molecule has 1 saturated heterocycles. The van der Waals surface area contributed by atoms with Gasteiger partial charge >= 0.3 is 0 Å². The SMILES string of the molecule is C=CCSc1ncc(Cl)c(C(=O)Nc2ccc(S(=O)(=O)N3CCOCC3)cc2)n1. The highest BCUT2D eigenvalue weighted by Crippen LogP contribution is 2.22. The highest BCUT2D eigenvalue weighted by atomic mass is 35.5. The summed E-state index contributed by atoms with van der Waals surface area (Å²) in [6.07, 6.45) is 3.07. The first kappa shape index (κ1) is 21.7. The van der Waals surface area contributed by atoms with Crippen LogP contribution in [0.25, 0.3) is 0 Å². The van der Waals surface area contributed by atoms with Crippen LogP contribution in [0.4, 0.5) is 5.69 Å². The van der Waals surface area contributed by atoms with Gasteiger partial charge in [-0.25, -0.2) is 18.4 Å². The van der Waals surface area contributed by atoms with Gasteiger partial charge in [-0.15, -0.1) is 6.58 Å². The predicted molar refractivity (Wildman–Crippen MR) is 112 cm³/mol. The van der Waals surface area contributed by atoms with Crippen molar-refractivity contribution in [1.29, 1.82) is 0 Å². The maximum Gasteiger partial charge on any atom is 0.275 e. The third-order valence-electron chi connectivity index (χ3n) is 3.99. The summed E-state index contributed by atoms with van der Waals surface area (Å²) < 4.78 is 31.9. The molecule has 1 fully saturated rings. The van der Waals surface area contributed by atoms with Crippen LogP contribution < -0.4 is 5.32 Å². The predicted octanol–water partition coefficient (Wildman–Crippen LogP) is 2.68. The van der Waals surface area contributed by atoms with Gasteiger partial charge in [0.05, 0.1) is 29.3 Å². The number of morpholine rings is 1. The van der Waals surface area contributed by atoms with Crippen LogP contribution in [0.1, 0.15) is 10.5 Å². The summed E-state index contributed by atoms with van der Waals surface area (Å²) in [5.41, 5.74) is 0.462. The van der Waals surface area contributed by atoms with Crippen molar-refractivity contribution in [2.45, 2.75) is 10.1 Å². The Morgan fingerprint density at radius 1 is 1.31 bits per heavy atom. The molecule has 154 valence electrons. The molecular weight excluding hydrogens is 436 g/mol. The van der Waals surface area contributed by atoms with E-state index in [-0.39, 0.29) is 15.6 Å². The molecule has 2 aromatic rings. The fourth-order valence-electron chi connectivity index (χ4n) is 2.55. The van der Waals surface area contributed by atoms with Gasteiger partial charge in [0.1, 0.15) is 0 Å². The number of amides is 1. The van der Waals surface area contributed by atoms with Crippen molar-refractivity contribution in [3.8, 4) is 0 Å². The van der Waals surface area contributed by atoms with Gasteiger partial charge in [0.25, 0.3) is 5.91 Å². The normalized spacial score (nSPS) is 15.1. The molecule has 1 N–H and O–H groups in total. The number of carbonyl (C=O) groups is 1. The lowest BCUT2D eigenvalue weighted by molar-refractivity contribution is 0.0730. The zero-order chi connectivity index (χ0) is 20.9. The van der Waals surface area contributed by atoms with Crippen molar-refractivity contribution in [2.24, 2.45) is 0 Å². The molecule has 11 heteroatoms. The Morgan fingerprint density at radius 2 is 2.00 bits per heavy atom. The lowest BCUT2D eigenvalue weighted by Crippen LogP contribution is -2.40. The van der Waals surface area contributed by atoms with Gasteiger partial charge < -0.3 is 10.1 Å². The first-order chi connectivity index (χ1) is 13.9. The number of sulfonamides is 1. The molecule has 1 aliphatic heterocycles. The molecule has 1 aliphatic rings. The molecule has 0 aliphatic carbocycles. The monoisotopic (exact) mass is 454 g/mol. The van der Waals surface area contributed by atoms with Crippen LogP contribution in [0.5, 0.6) is 0 Å². The Kier molecular flexibility index (Phi) is 7.25. The van der Waals surface area contributed by atoms with E-state index in [4.69, 9.17) is 16.3 Å². The minimum atomic E-state index is -3.59. The Morgan fingerprint density at radius 3 is 2.66 bits per heavy atom. The number of nitrogens with zero attached hydrogens (tertiary/aromatic N) is 3. The van der Waals surface area contributed by atoms with Crippen LogP contribution in [0.3, 0.4) is 0 Å². The summed E-state index contributed by atoms with van der Waals surface area (Å²) >= 11 is 7.38. The number of anilines is 1. The molecule has 0 bridgehead atoms. The third kappa shape index (κ3) is 5.34. The van der Waals surface area contributed by atoms with Gasteiger partial charge in [-0.05, 0) is 24.3 Å². The third-order valence-corrected chi connectivity index (χ3v) is 7.03. The van der Waals surface area contributed by atoms with E-state index in [1.807, 2.05) is 0 Å². The summed E-state index contributed by atoms with van der Waals surface area (Å²) in [7, 11) is -3.59. The topological polar surface area (TPSA) is 101 Å². The molecule has 0 atom stereocenters. The number of ether oxygens (including phenoxy) is 1. The number of nitrogens with one attached hydrogen (secondary N) is 1. The largest absolute Gasteiger partial charge is 0.379 e. The Bertz CT molecular complexity index is 993. The number of halogens is 1. The maximum atomic E-state index is 12.6.